The summed E-state index contributed by atoms with van der Waals surface area (Å²) >= 11 is 4.49. The van der Waals surface area contributed by atoms with Crippen LogP contribution in [0.3, 0.4) is 0 Å². The molecule has 0 bridgehead atoms. The molecule has 3 aromatic carbocycles. The molecule has 0 atom stereocenters. The van der Waals surface area contributed by atoms with E-state index in [1.54, 1.807) is 35.7 Å². The van der Waals surface area contributed by atoms with Gasteiger partial charge in [-0.1, -0.05) is 49.6 Å². The van der Waals surface area contributed by atoms with E-state index in [1.165, 1.54) is 68.3 Å². The average Bonchev–Trinajstić information content (AvgIpc) is 2.87. The van der Waals surface area contributed by atoms with Gasteiger partial charge in [-0.05, 0) is 67.3 Å². The molecule has 4 rings (SSSR count). The highest BCUT2D eigenvalue weighted by Gasteiger charge is 2.20. The Labute approximate surface area is 219 Å². The summed E-state index contributed by atoms with van der Waals surface area (Å²) in [7, 11) is 0. The number of benzene rings is 3. The topological polar surface area (TPSA) is 21.6 Å². The van der Waals surface area contributed by atoms with Gasteiger partial charge in [0.15, 0.2) is 5.90 Å². The van der Waals surface area contributed by atoms with Crippen molar-refractivity contribution in [1.29, 1.82) is 0 Å². The van der Waals surface area contributed by atoms with Gasteiger partial charge in [-0.3, -0.25) is 0 Å². The standard InChI is InChI=1S/C28H29F2NOS3/c29-22-11-7-15-25(17-22)33-28(34-26-16-8-12-23(30)18-26)19-27(31-35-24-13-5-2-6-14-24)32-20-21-9-3-1-4-10-21/h2,5-8,11-18,21,28H,1,3-4,9-10,19-20H2. The molecule has 1 aliphatic rings. The van der Waals surface area contributed by atoms with Crippen LogP contribution >= 0.6 is 35.5 Å². The van der Waals surface area contributed by atoms with Gasteiger partial charge in [-0.15, -0.1) is 23.5 Å². The van der Waals surface area contributed by atoms with Crippen molar-refractivity contribution in [2.45, 2.75) is 57.8 Å². The van der Waals surface area contributed by atoms with Crippen molar-refractivity contribution in [2.75, 3.05) is 6.61 Å². The maximum atomic E-state index is 13.9. The highest BCUT2D eigenvalue weighted by molar-refractivity contribution is 8.17. The summed E-state index contributed by atoms with van der Waals surface area (Å²) in [6, 6.07) is 23.1. The highest BCUT2D eigenvalue weighted by Crippen LogP contribution is 2.39. The zero-order valence-electron chi connectivity index (χ0n) is 19.4. The van der Waals surface area contributed by atoms with Crippen LogP contribution in [-0.4, -0.2) is 17.1 Å². The van der Waals surface area contributed by atoms with Crippen LogP contribution in [0.4, 0.5) is 8.78 Å². The predicted molar refractivity (Wildman–Crippen MR) is 145 cm³/mol. The van der Waals surface area contributed by atoms with Gasteiger partial charge in [0.25, 0.3) is 0 Å². The Bertz CT molecular complexity index is 1040. The summed E-state index contributed by atoms with van der Waals surface area (Å²) in [5.74, 6) is 0.682. The van der Waals surface area contributed by atoms with Gasteiger partial charge >= 0.3 is 0 Å². The summed E-state index contributed by atoms with van der Waals surface area (Å²) in [4.78, 5) is 2.68. The Balaban J connectivity index is 1.52. The van der Waals surface area contributed by atoms with Crippen LogP contribution < -0.4 is 0 Å². The molecule has 2 nitrogen and oxygen atoms in total. The lowest BCUT2D eigenvalue weighted by Gasteiger charge is -2.23. The lowest BCUT2D eigenvalue weighted by atomic mass is 9.90. The molecule has 0 heterocycles. The Morgan fingerprint density at radius 2 is 1.40 bits per heavy atom. The molecule has 1 aliphatic carbocycles. The summed E-state index contributed by atoms with van der Waals surface area (Å²) < 4.78 is 38.8. The predicted octanol–water partition coefficient (Wildman–Crippen LogP) is 9.27. The van der Waals surface area contributed by atoms with E-state index < -0.39 is 0 Å². The maximum Gasteiger partial charge on any atom is 0.197 e. The van der Waals surface area contributed by atoms with Gasteiger partial charge in [0.2, 0.25) is 0 Å². The van der Waals surface area contributed by atoms with Crippen molar-refractivity contribution in [3.63, 3.8) is 0 Å². The molecule has 0 amide bonds. The van der Waals surface area contributed by atoms with Gasteiger partial charge < -0.3 is 4.74 Å². The number of rotatable bonds is 10. The number of thioether (sulfide) groups is 2. The molecule has 1 fully saturated rings. The quantitative estimate of drug-likeness (QED) is 0.0857. The molecule has 0 spiro atoms. The van der Waals surface area contributed by atoms with Crippen molar-refractivity contribution < 1.29 is 13.5 Å². The largest absolute Gasteiger partial charge is 0.480 e. The number of hydrogen-bond donors (Lipinski definition) is 0. The molecule has 184 valence electrons. The molecular weight excluding hydrogens is 501 g/mol. The molecular formula is C28H29F2NOS3. The van der Waals surface area contributed by atoms with Crippen molar-refractivity contribution in [2.24, 2.45) is 10.3 Å². The lowest BCUT2D eigenvalue weighted by molar-refractivity contribution is 0.196. The van der Waals surface area contributed by atoms with Crippen LogP contribution in [0.25, 0.3) is 0 Å². The van der Waals surface area contributed by atoms with E-state index in [-0.39, 0.29) is 16.2 Å². The molecule has 0 aromatic heterocycles. The number of halogens is 2. The summed E-state index contributed by atoms with van der Waals surface area (Å²) in [5.41, 5.74) is 0. The number of ether oxygens (including phenoxy) is 1. The van der Waals surface area contributed by atoms with E-state index in [4.69, 9.17) is 9.13 Å². The summed E-state index contributed by atoms with van der Waals surface area (Å²) in [5, 5.41) is 0. The zero-order valence-corrected chi connectivity index (χ0v) is 21.9. The second kappa shape index (κ2) is 14.0. The summed E-state index contributed by atoms with van der Waals surface area (Å²) in [6.07, 6.45) is 6.74. The molecule has 0 radical (unpaired) electrons. The first kappa shape index (κ1) is 26.1. The van der Waals surface area contributed by atoms with Crippen molar-refractivity contribution in [3.8, 4) is 0 Å². The monoisotopic (exact) mass is 529 g/mol. The van der Waals surface area contributed by atoms with Crippen LogP contribution in [0.15, 0.2) is 97.9 Å². The minimum Gasteiger partial charge on any atom is -0.480 e. The molecule has 1 saturated carbocycles. The Morgan fingerprint density at radius 1 is 0.800 bits per heavy atom. The fourth-order valence-electron chi connectivity index (χ4n) is 3.91. The molecule has 0 unspecified atom stereocenters. The van der Waals surface area contributed by atoms with E-state index in [0.29, 0.717) is 24.8 Å². The Morgan fingerprint density at radius 3 is 2.00 bits per heavy atom. The average molecular weight is 530 g/mol. The first-order valence-electron chi connectivity index (χ1n) is 11.9. The van der Waals surface area contributed by atoms with E-state index in [9.17, 15) is 8.78 Å². The second-order valence-electron chi connectivity index (χ2n) is 8.49. The molecule has 0 aliphatic heterocycles. The fourth-order valence-corrected chi connectivity index (χ4v) is 7.12. The molecule has 35 heavy (non-hydrogen) atoms. The van der Waals surface area contributed by atoms with Crippen molar-refractivity contribution in [3.05, 3.63) is 90.5 Å². The van der Waals surface area contributed by atoms with E-state index in [2.05, 4.69) is 0 Å². The van der Waals surface area contributed by atoms with Gasteiger partial charge in [0, 0.05) is 33.1 Å². The first-order valence-corrected chi connectivity index (χ1v) is 14.4. The molecule has 0 N–H and O–H groups in total. The van der Waals surface area contributed by atoms with Crippen molar-refractivity contribution >= 4 is 41.4 Å². The van der Waals surface area contributed by atoms with Gasteiger partial charge in [-0.2, -0.15) is 4.40 Å². The smallest absolute Gasteiger partial charge is 0.197 e. The highest BCUT2D eigenvalue weighted by atomic mass is 32.2. The fraction of sp³-hybridized carbons (Fsp3) is 0.321. The first-order chi connectivity index (χ1) is 17.1. The van der Waals surface area contributed by atoms with E-state index in [1.807, 2.05) is 42.5 Å². The Kier molecular flexibility index (Phi) is 10.4. The number of nitrogens with zero attached hydrogens (tertiary/aromatic N) is 1. The van der Waals surface area contributed by atoms with E-state index in [0.717, 1.165) is 14.7 Å². The SMILES string of the molecule is Fc1cccc(SC(CC(=NSc2ccccc2)OCC2CCCCC2)Sc2cccc(F)c2)c1. The maximum absolute atomic E-state index is 13.9. The van der Waals surface area contributed by atoms with Gasteiger partial charge in [-0.25, -0.2) is 8.78 Å². The number of hydrogen-bond acceptors (Lipinski definition) is 5. The van der Waals surface area contributed by atoms with Crippen LogP contribution in [0.1, 0.15) is 38.5 Å². The van der Waals surface area contributed by atoms with Crippen molar-refractivity contribution in [1.82, 2.24) is 0 Å². The third-order valence-corrected chi connectivity index (χ3v) is 8.94. The normalized spacial score (nSPS) is 14.9. The molecule has 7 heteroatoms. The third kappa shape index (κ3) is 9.21. The minimum atomic E-state index is -0.272. The van der Waals surface area contributed by atoms with Crippen LogP contribution in [0, 0.1) is 17.6 Å². The molecule has 3 aromatic rings. The lowest BCUT2D eigenvalue weighted by Crippen LogP contribution is -2.18. The van der Waals surface area contributed by atoms with Crippen LogP contribution in [0.5, 0.6) is 0 Å². The van der Waals surface area contributed by atoms with Gasteiger partial charge in [0.1, 0.15) is 11.6 Å². The van der Waals surface area contributed by atoms with Gasteiger partial charge in [0.05, 0.1) is 11.2 Å². The minimum absolute atomic E-state index is 0.0694. The van der Waals surface area contributed by atoms with Crippen LogP contribution in [0.2, 0.25) is 0 Å². The zero-order chi connectivity index (χ0) is 24.3. The van der Waals surface area contributed by atoms with Crippen LogP contribution in [-0.2, 0) is 4.74 Å². The molecule has 0 saturated heterocycles. The second-order valence-corrected chi connectivity index (χ2v) is 12.2. The summed E-state index contributed by atoms with van der Waals surface area (Å²) in [6.45, 7) is 0.663. The van der Waals surface area contributed by atoms with E-state index >= 15 is 0 Å². The third-order valence-electron chi connectivity index (χ3n) is 5.67. The Hall–Kier alpha value is -1.96.